The summed E-state index contributed by atoms with van der Waals surface area (Å²) in [4.78, 5) is 17.0. The van der Waals surface area contributed by atoms with Gasteiger partial charge in [-0.25, -0.2) is 4.68 Å². The van der Waals surface area contributed by atoms with Gasteiger partial charge in [-0.3, -0.25) is 14.4 Å². The lowest BCUT2D eigenvalue weighted by Crippen LogP contribution is -2.47. The van der Waals surface area contributed by atoms with Crippen LogP contribution in [0.1, 0.15) is 56.0 Å². The number of aromatic nitrogens is 6. The highest BCUT2D eigenvalue weighted by Gasteiger charge is 2.47. The van der Waals surface area contributed by atoms with E-state index in [4.69, 9.17) is 0 Å². The van der Waals surface area contributed by atoms with Crippen LogP contribution in [0.4, 0.5) is 0 Å². The molecule has 1 amide bonds. The number of rotatable bonds is 6. The summed E-state index contributed by atoms with van der Waals surface area (Å²) < 4.78 is 3.87. The fraction of sp³-hybridized carbons (Fsp3) is 0.737. The Kier molecular flexibility index (Phi) is 5.18. The fourth-order valence-electron chi connectivity index (χ4n) is 4.61. The van der Waals surface area contributed by atoms with Crippen LogP contribution in [-0.4, -0.2) is 72.9 Å². The summed E-state index contributed by atoms with van der Waals surface area (Å²) in [6, 6.07) is 0.384. The van der Waals surface area contributed by atoms with E-state index in [0.29, 0.717) is 25.6 Å². The zero-order chi connectivity index (χ0) is 19.7. The van der Waals surface area contributed by atoms with Crippen LogP contribution in [0.5, 0.6) is 0 Å². The minimum atomic E-state index is -0.329. The molecule has 0 N–H and O–H groups in total. The van der Waals surface area contributed by atoms with E-state index in [9.17, 15) is 4.79 Å². The average molecular weight is 387 g/mol. The minimum Gasteiger partial charge on any atom is -0.340 e. The largest absolute Gasteiger partial charge is 0.340 e. The number of tetrazole rings is 1. The van der Waals surface area contributed by atoms with E-state index in [1.165, 1.54) is 12.8 Å². The van der Waals surface area contributed by atoms with Gasteiger partial charge in [0.25, 0.3) is 0 Å². The van der Waals surface area contributed by atoms with E-state index < -0.39 is 0 Å². The van der Waals surface area contributed by atoms with Gasteiger partial charge in [-0.15, -0.1) is 5.10 Å². The Balaban J connectivity index is 1.49. The zero-order valence-corrected chi connectivity index (χ0v) is 17.1. The number of nitrogens with zero attached hydrogens (tertiary/aromatic N) is 8. The molecular formula is C19H30N8O. The van der Waals surface area contributed by atoms with Crippen LogP contribution in [0.2, 0.25) is 0 Å². The molecule has 1 atom stereocenters. The zero-order valence-electron chi connectivity index (χ0n) is 17.1. The minimum absolute atomic E-state index is 0.164. The molecule has 152 valence electrons. The number of carbonyl (C=O) groups is 1. The average Bonchev–Trinajstić information content (AvgIpc) is 3.45. The molecule has 2 aliphatic rings. The molecule has 1 aliphatic carbocycles. The summed E-state index contributed by atoms with van der Waals surface area (Å²) in [6.07, 6.45) is 9.82. The summed E-state index contributed by atoms with van der Waals surface area (Å²) in [7, 11) is 4.13. The molecule has 1 aliphatic heterocycles. The van der Waals surface area contributed by atoms with Gasteiger partial charge in [0.15, 0.2) is 5.82 Å². The highest BCUT2D eigenvalue weighted by Crippen LogP contribution is 2.38. The van der Waals surface area contributed by atoms with Gasteiger partial charge in [-0.05, 0) is 56.3 Å². The van der Waals surface area contributed by atoms with Crippen molar-refractivity contribution in [3.63, 3.8) is 0 Å². The molecule has 2 aromatic rings. The van der Waals surface area contributed by atoms with Crippen molar-refractivity contribution in [3.8, 4) is 0 Å². The van der Waals surface area contributed by atoms with Crippen LogP contribution in [0, 0.1) is 6.92 Å². The summed E-state index contributed by atoms with van der Waals surface area (Å²) in [6.45, 7) is 3.97. The third-order valence-corrected chi connectivity index (χ3v) is 6.35. The second-order valence-electron chi connectivity index (χ2n) is 8.41. The molecule has 9 nitrogen and oxygen atoms in total. The highest BCUT2D eigenvalue weighted by molar-refractivity contribution is 5.76. The van der Waals surface area contributed by atoms with Gasteiger partial charge >= 0.3 is 0 Å². The smallest absolute Gasteiger partial charge is 0.224 e. The lowest BCUT2D eigenvalue weighted by molar-refractivity contribution is -0.131. The molecule has 0 spiro atoms. The molecule has 28 heavy (non-hydrogen) atoms. The van der Waals surface area contributed by atoms with Crippen molar-refractivity contribution in [3.05, 3.63) is 23.8 Å². The molecule has 0 aromatic carbocycles. The Bertz CT molecular complexity index is 822. The normalized spacial score (nSPS) is 23.2. The Labute approximate surface area is 165 Å². The molecule has 0 bridgehead atoms. The lowest BCUT2D eigenvalue weighted by atomic mass is 9.95. The summed E-state index contributed by atoms with van der Waals surface area (Å²) >= 11 is 0. The predicted molar refractivity (Wildman–Crippen MR) is 103 cm³/mol. The standard InChI is InChI=1S/C19H30N8O/c1-15-12-20-26(13-15)10-8-17(28)25-11-9-19(14-25,24(2)3)18-21-22-23-27(18)16-6-4-5-7-16/h12-13,16H,4-11,14H2,1-3H3. The predicted octanol–water partition coefficient (Wildman–Crippen LogP) is 1.37. The second kappa shape index (κ2) is 7.62. The van der Waals surface area contributed by atoms with Crippen LogP contribution in [0.15, 0.2) is 12.4 Å². The lowest BCUT2D eigenvalue weighted by Gasteiger charge is -2.35. The van der Waals surface area contributed by atoms with E-state index in [0.717, 1.165) is 37.2 Å². The van der Waals surface area contributed by atoms with Crippen molar-refractivity contribution in [2.45, 2.75) is 63.6 Å². The van der Waals surface area contributed by atoms with Crippen LogP contribution in [0.3, 0.4) is 0 Å². The molecule has 9 heteroatoms. The summed E-state index contributed by atoms with van der Waals surface area (Å²) in [5.41, 5.74) is 0.781. The number of aryl methyl sites for hydroxylation is 2. The maximum absolute atomic E-state index is 12.9. The van der Waals surface area contributed by atoms with Crippen molar-refractivity contribution in [1.29, 1.82) is 0 Å². The molecule has 1 saturated heterocycles. The SMILES string of the molecule is Cc1cnn(CCC(=O)N2CCC(c3nnnn3C3CCCC3)(N(C)C)C2)c1. The van der Waals surface area contributed by atoms with Gasteiger partial charge in [-0.1, -0.05) is 12.8 Å². The maximum atomic E-state index is 12.9. The van der Waals surface area contributed by atoms with Gasteiger partial charge in [0, 0.05) is 32.3 Å². The van der Waals surface area contributed by atoms with E-state index in [1.807, 2.05) is 33.6 Å². The number of likely N-dealkylation sites (tertiary alicyclic amines) is 1. The van der Waals surface area contributed by atoms with Gasteiger partial charge in [0.05, 0.1) is 12.2 Å². The molecule has 2 aromatic heterocycles. The first-order chi connectivity index (χ1) is 13.5. The van der Waals surface area contributed by atoms with E-state index in [2.05, 4.69) is 39.6 Å². The van der Waals surface area contributed by atoms with E-state index in [-0.39, 0.29) is 11.4 Å². The van der Waals surface area contributed by atoms with E-state index >= 15 is 0 Å². The monoisotopic (exact) mass is 386 g/mol. The van der Waals surface area contributed by atoms with Crippen LogP contribution in [0.25, 0.3) is 0 Å². The van der Waals surface area contributed by atoms with Gasteiger partial charge in [0.2, 0.25) is 5.91 Å². The second-order valence-corrected chi connectivity index (χ2v) is 8.41. The van der Waals surface area contributed by atoms with Crippen molar-refractivity contribution >= 4 is 5.91 Å². The molecular weight excluding hydrogens is 356 g/mol. The fourth-order valence-corrected chi connectivity index (χ4v) is 4.61. The molecule has 0 radical (unpaired) electrons. The Morgan fingerprint density at radius 1 is 1.32 bits per heavy atom. The van der Waals surface area contributed by atoms with Crippen LogP contribution >= 0.6 is 0 Å². The number of amides is 1. The number of hydrogen-bond donors (Lipinski definition) is 0. The third kappa shape index (κ3) is 3.43. The number of carbonyl (C=O) groups excluding carboxylic acids is 1. The van der Waals surface area contributed by atoms with Gasteiger partial charge in [0.1, 0.15) is 5.54 Å². The first-order valence-electron chi connectivity index (χ1n) is 10.2. The summed E-state index contributed by atoms with van der Waals surface area (Å²) in [5.74, 6) is 1.07. The third-order valence-electron chi connectivity index (χ3n) is 6.35. The van der Waals surface area contributed by atoms with Crippen molar-refractivity contribution in [1.82, 2.24) is 39.8 Å². The highest BCUT2D eigenvalue weighted by atomic mass is 16.2. The molecule has 1 unspecified atom stereocenters. The topological polar surface area (TPSA) is 85.0 Å². The Hall–Kier alpha value is -2.29. The van der Waals surface area contributed by atoms with E-state index in [1.54, 1.807) is 0 Å². The first-order valence-corrected chi connectivity index (χ1v) is 10.2. The summed E-state index contributed by atoms with van der Waals surface area (Å²) in [5, 5.41) is 17.1. The van der Waals surface area contributed by atoms with Crippen LogP contribution < -0.4 is 0 Å². The molecule has 1 saturated carbocycles. The van der Waals surface area contributed by atoms with Gasteiger partial charge in [-0.2, -0.15) is 5.10 Å². The maximum Gasteiger partial charge on any atom is 0.224 e. The van der Waals surface area contributed by atoms with Crippen LogP contribution in [-0.2, 0) is 16.9 Å². The molecule has 3 heterocycles. The quantitative estimate of drug-likeness (QED) is 0.745. The molecule has 2 fully saturated rings. The van der Waals surface area contributed by atoms with Gasteiger partial charge < -0.3 is 4.90 Å². The first kappa shape index (κ1) is 19.0. The molecule has 4 rings (SSSR count). The number of likely N-dealkylation sites (N-methyl/N-ethyl adjacent to an activating group) is 1. The Morgan fingerprint density at radius 2 is 2.11 bits per heavy atom. The van der Waals surface area contributed by atoms with Crippen molar-refractivity contribution < 1.29 is 4.79 Å². The number of hydrogen-bond acceptors (Lipinski definition) is 6. The van der Waals surface area contributed by atoms with Crippen molar-refractivity contribution in [2.24, 2.45) is 0 Å². The van der Waals surface area contributed by atoms with Crippen molar-refractivity contribution in [2.75, 3.05) is 27.2 Å². The Morgan fingerprint density at radius 3 is 2.79 bits per heavy atom.